The van der Waals surface area contributed by atoms with Crippen LogP contribution < -0.4 is 4.74 Å². The number of hydrogen-bond acceptors (Lipinski definition) is 4. The number of methoxy groups -OCH3 is 1. The number of aromatic nitrogens is 1. The summed E-state index contributed by atoms with van der Waals surface area (Å²) in [5.41, 5.74) is -2.15. The lowest BCUT2D eigenvalue weighted by Crippen LogP contribution is -2.32. The normalized spacial score (nSPS) is 13.7. The minimum atomic E-state index is -5.04. The van der Waals surface area contributed by atoms with E-state index in [9.17, 15) is 31.1 Å². The van der Waals surface area contributed by atoms with Gasteiger partial charge < -0.3 is 9.47 Å². The van der Waals surface area contributed by atoms with Gasteiger partial charge in [-0.1, -0.05) is 0 Å². The van der Waals surface area contributed by atoms with Gasteiger partial charge in [-0.3, -0.25) is 0 Å². The highest BCUT2D eigenvalue weighted by molar-refractivity contribution is 5.89. The summed E-state index contributed by atoms with van der Waals surface area (Å²) in [5, 5.41) is 0. The van der Waals surface area contributed by atoms with E-state index in [4.69, 9.17) is 0 Å². The predicted molar refractivity (Wildman–Crippen MR) is 56.7 cm³/mol. The molecule has 0 spiro atoms. The van der Waals surface area contributed by atoms with E-state index >= 15 is 0 Å². The van der Waals surface area contributed by atoms with Crippen LogP contribution >= 0.6 is 0 Å². The van der Waals surface area contributed by atoms with E-state index < -0.39 is 41.4 Å². The maximum atomic E-state index is 12.8. The monoisotopic (exact) mass is 317 g/mol. The molecule has 0 N–H and O–H groups in total. The number of esters is 1. The lowest BCUT2D eigenvalue weighted by Gasteiger charge is -2.19. The number of nitrogens with zero attached hydrogens (tertiary/aromatic N) is 1. The highest BCUT2D eigenvalue weighted by Gasteiger charge is 2.42. The van der Waals surface area contributed by atoms with Crippen LogP contribution in [0.15, 0.2) is 12.3 Å². The molecule has 0 amide bonds. The highest BCUT2D eigenvalue weighted by Crippen LogP contribution is 2.37. The van der Waals surface area contributed by atoms with Crippen molar-refractivity contribution in [1.82, 2.24) is 4.98 Å². The van der Waals surface area contributed by atoms with Gasteiger partial charge in [-0.05, 0) is 13.0 Å². The predicted octanol–water partition coefficient (Wildman–Crippen LogP) is 3.22. The van der Waals surface area contributed by atoms with Crippen molar-refractivity contribution in [1.29, 1.82) is 0 Å². The zero-order chi connectivity index (χ0) is 16.4. The van der Waals surface area contributed by atoms with E-state index in [1.54, 1.807) is 0 Å². The number of ether oxygens (including phenoxy) is 2. The second-order valence-corrected chi connectivity index (χ2v) is 3.87. The lowest BCUT2D eigenvalue weighted by atomic mass is 10.2. The Balaban J connectivity index is 3.24. The fourth-order valence-electron chi connectivity index (χ4n) is 1.21. The minimum Gasteiger partial charge on any atom is -0.465 e. The molecule has 0 aliphatic carbocycles. The van der Waals surface area contributed by atoms with Crippen LogP contribution in [0.25, 0.3) is 0 Å². The van der Waals surface area contributed by atoms with E-state index in [0.29, 0.717) is 19.2 Å². The Morgan fingerprint density at radius 2 is 1.81 bits per heavy atom. The smallest absolute Gasteiger partial charge is 0.425 e. The minimum absolute atomic E-state index is 0.317. The van der Waals surface area contributed by atoms with E-state index in [1.807, 2.05) is 0 Å². The number of halogens is 6. The number of rotatable bonds is 3. The van der Waals surface area contributed by atoms with Gasteiger partial charge in [-0.25, -0.2) is 9.78 Å². The van der Waals surface area contributed by atoms with Crippen LogP contribution in [0.2, 0.25) is 0 Å². The van der Waals surface area contributed by atoms with Crippen molar-refractivity contribution in [2.45, 2.75) is 25.4 Å². The fraction of sp³-hybridized carbons (Fsp3) is 0.455. The molecule has 0 aromatic carbocycles. The first kappa shape index (κ1) is 17.1. The van der Waals surface area contributed by atoms with Gasteiger partial charge in [-0.15, -0.1) is 0 Å². The summed E-state index contributed by atoms with van der Waals surface area (Å²) in [6.45, 7) is 0.538. The molecule has 1 atom stereocenters. The number of pyridine rings is 1. The summed E-state index contributed by atoms with van der Waals surface area (Å²) >= 11 is 0. The van der Waals surface area contributed by atoms with E-state index in [0.717, 1.165) is 7.11 Å². The van der Waals surface area contributed by atoms with Crippen LogP contribution in [0.5, 0.6) is 5.88 Å². The number of hydrogen-bond donors (Lipinski definition) is 0. The van der Waals surface area contributed by atoms with Crippen LogP contribution in [0.4, 0.5) is 26.3 Å². The first-order chi connectivity index (χ1) is 9.46. The third-order valence-corrected chi connectivity index (χ3v) is 2.33. The van der Waals surface area contributed by atoms with Crippen LogP contribution in [-0.4, -0.2) is 30.3 Å². The summed E-state index contributed by atoms with van der Waals surface area (Å²) < 4.78 is 83.7. The Morgan fingerprint density at radius 3 is 2.24 bits per heavy atom. The maximum absolute atomic E-state index is 12.8. The Bertz CT molecular complexity index is 526. The third kappa shape index (κ3) is 4.23. The summed E-state index contributed by atoms with van der Waals surface area (Å²) in [6.07, 6.45) is -11.8. The van der Waals surface area contributed by atoms with Crippen molar-refractivity contribution in [3.63, 3.8) is 0 Å². The number of carbonyl (C=O) groups is 1. The summed E-state index contributed by atoms with van der Waals surface area (Å²) in [6, 6.07) is 0.317. The fourth-order valence-corrected chi connectivity index (χ4v) is 1.21. The van der Waals surface area contributed by atoms with Gasteiger partial charge in [0.15, 0.2) is 6.10 Å². The van der Waals surface area contributed by atoms with Crippen LogP contribution in [0.1, 0.15) is 22.8 Å². The van der Waals surface area contributed by atoms with Crippen LogP contribution in [0.3, 0.4) is 0 Å². The molecule has 0 saturated heterocycles. The Morgan fingerprint density at radius 1 is 1.24 bits per heavy atom. The average molecular weight is 317 g/mol. The molecule has 1 aromatic heterocycles. The molecule has 1 rings (SSSR count). The van der Waals surface area contributed by atoms with Gasteiger partial charge in [0.25, 0.3) is 0 Å². The van der Waals surface area contributed by atoms with Crippen molar-refractivity contribution in [2.24, 2.45) is 0 Å². The second-order valence-electron chi connectivity index (χ2n) is 3.87. The first-order valence-electron chi connectivity index (χ1n) is 5.35. The molecule has 0 aliphatic rings. The Labute approximate surface area is 114 Å². The van der Waals surface area contributed by atoms with Crippen molar-refractivity contribution < 1.29 is 40.6 Å². The van der Waals surface area contributed by atoms with Crippen molar-refractivity contribution in [2.75, 3.05) is 7.11 Å². The average Bonchev–Trinajstić information content (AvgIpc) is 2.35. The molecular weight excluding hydrogens is 308 g/mol. The van der Waals surface area contributed by atoms with Gasteiger partial charge >= 0.3 is 18.3 Å². The van der Waals surface area contributed by atoms with Crippen molar-refractivity contribution in [3.05, 3.63) is 23.4 Å². The zero-order valence-corrected chi connectivity index (χ0v) is 10.7. The second kappa shape index (κ2) is 5.78. The molecule has 21 heavy (non-hydrogen) atoms. The molecule has 0 unspecified atom stereocenters. The molecule has 0 saturated carbocycles. The largest absolute Gasteiger partial charge is 0.465 e. The topological polar surface area (TPSA) is 48.4 Å². The SMILES string of the molecule is COC(=O)c1cnc(O[C@@H](C)C(F)(F)F)c(C(F)(F)F)c1. The highest BCUT2D eigenvalue weighted by atomic mass is 19.4. The van der Waals surface area contributed by atoms with E-state index in [-0.39, 0.29) is 0 Å². The summed E-state index contributed by atoms with van der Waals surface area (Å²) in [4.78, 5) is 14.3. The van der Waals surface area contributed by atoms with Crippen molar-refractivity contribution >= 4 is 5.97 Å². The molecule has 1 aromatic rings. The van der Waals surface area contributed by atoms with Gasteiger partial charge in [0.05, 0.1) is 12.7 Å². The molecule has 1 heterocycles. The molecule has 4 nitrogen and oxygen atoms in total. The quantitative estimate of drug-likeness (QED) is 0.634. The van der Waals surface area contributed by atoms with Crippen LogP contribution in [-0.2, 0) is 10.9 Å². The van der Waals surface area contributed by atoms with Gasteiger partial charge in [0.1, 0.15) is 5.56 Å². The van der Waals surface area contributed by atoms with Gasteiger partial charge in [-0.2, -0.15) is 26.3 Å². The molecule has 0 radical (unpaired) electrons. The standard InChI is InChI=1S/C11H9F6NO3/c1-5(10(12,13)14)21-8-7(11(15,16)17)3-6(4-18-8)9(19)20-2/h3-5H,1-2H3/t5-/m0/s1. The molecule has 0 aliphatic heterocycles. The molecule has 118 valence electrons. The molecule has 10 heteroatoms. The maximum Gasteiger partial charge on any atom is 0.425 e. The third-order valence-electron chi connectivity index (χ3n) is 2.33. The molecule has 0 bridgehead atoms. The number of carbonyl (C=O) groups excluding carboxylic acids is 1. The van der Waals surface area contributed by atoms with Crippen molar-refractivity contribution in [3.8, 4) is 5.88 Å². The Kier molecular flexibility index (Phi) is 4.69. The van der Waals surface area contributed by atoms with E-state index in [1.165, 1.54) is 0 Å². The Hall–Kier alpha value is -2.00. The first-order valence-corrected chi connectivity index (χ1v) is 5.35. The zero-order valence-electron chi connectivity index (χ0n) is 10.7. The summed E-state index contributed by atoms with van der Waals surface area (Å²) in [5.74, 6) is -2.37. The van der Waals surface area contributed by atoms with Gasteiger partial charge in [0, 0.05) is 6.20 Å². The number of alkyl halides is 6. The van der Waals surface area contributed by atoms with Crippen LogP contribution in [0, 0.1) is 0 Å². The molecule has 0 fully saturated rings. The summed E-state index contributed by atoms with van der Waals surface area (Å²) in [7, 11) is 0.936. The van der Waals surface area contributed by atoms with E-state index in [2.05, 4.69) is 14.5 Å². The van der Waals surface area contributed by atoms with Gasteiger partial charge in [0.2, 0.25) is 5.88 Å². The lowest BCUT2D eigenvalue weighted by molar-refractivity contribution is -0.192. The molecular formula is C11H9F6NO3.